The van der Waals surface area contributed by atoms with Crippen LogP contribution in [0.25, 0.3) is 0 Å². The van der Waals surface area contributed by atoms with Gasteiger partial charge in [0.25, 0.3) is 0 Å². The number of rotatable bonds is 7. The van der Waals surface area contributed by atoms with Gasteiger partial charge in [-0.25, -0.2) is 4.79 Å². The number of hydrogen-bond donors (Lipinski definition) is 3. The number of aliphatic carboxylic acids is 1. The van der Waals surface area contributed by atoms with Crippen molar-refractivity contribution in [2.45, 2.75) is 31.7 Å². The highest BCUT2D eigenvalue weighted by atomic mass is 16.4. The zero-order chi connectivity index (χ0) is 11.1. The van der Waals surface area contributed by atoms with Gasteiger partial charge >= 0.3 is 5.97 Å². The zero-order valence-electron chi connectivity index (χ0n) is 8.78. The highest BCUT2D eigenvalue weighted by Crippen LogP contribution is 2.10. The molecule has 0 amide bonds. The summed E-state index contributed by atoms with van der Waals surface area (Å²) in [7, 11) is 0. The lowest BCUT2D eigenvalue weighted by Crippen LogP contribution is -2.35. The molecule has 4 N–H and O–H groups in total. The molecule has 0 spiro atoms. The maximum Gasteiger partial charge on any atom is 0.326 e. The van der Waals surface area contributed by atoms with E-state index in [4.69, 9.17) is 10.8 Å². The van der Waals surface area contributed by atoms with E-state index in [1.54, 1.807) is 0 Å². The zero-order valence-corrected chi connectivity index (χ0v) is 8.78. The standard InChI is InChI=1S/C11H18N2O2/c12-8-4-3-7-10(11(14)15)13-9-5-1-2-6-9/h1-2,5,10,13H,3-4,6-8,12H2,(H,14,15)/t10-/m0/s1. The number of hydrogen-bond acceptors (Lipinski definition) is 3. The van der Waals surface area contributed by atoms with Crippen molar-refractivity contribution in [1.82, 2.24) is 5.32 Å². The Hall–Kier alpha value is -1.29. The molecule has 0 radical (unpaired) electrons. The highest BCUT2D eigenvalue weighted by Gasteiger charge is 2.17. The number of carbonyl (C=O) groups is 1. The van der Waals surface area contributed by atoms with E-state index in [9.17, 15) is 4.79 Å². The predicted octanol–water partition coefficient (Wildman–Crippen LogP) is 1.00. The Balaban J connectivity index is 2.33. The van der Waals surface area contributed by atoms with Gasteiger partial charge in [0.05, 0.1) is 0 Å². The molecule has 0 bridgehead atoms. The van der Waals surface area contributed by atoms with E-state index in [1.807, 2.05) is 18.2 Å². The van der Waals surface area contributed by atoms with Crippen LogP contribution in [0.2, 0.25) is 0 Å². The third-order valence-corrected chi connectivity index (χ3v) is 2.38. The van der Waals surface area contributed by atoms with Crippen LogP contribution in [0.4, 0.5) is 0 Å². The van der Waals surface area contributed by atoms with Crippen LogP contribution in [-0.4, -0.2) is 23.7 Å². The number of nitrogens with two attached hydrogens (primary N) is 1. The van der Waals surface area contributed by atoms with Crippen molar-refractivity contribution >= 4 is 5.97 Å². The van der Waals surface area contributed by atoms with E-state index in [0.717, 1.165) is 25.0 Å². The fourth-order valence-electron chi connectivity index (χ4n) is 1.53. The molecule has 1 rings (SSSR count). The molecule has 84 valence electrons. The van der Waals surface area contributed by atoms with E-state index < -0.39 is 12.0 Å². The Bertz CT molecular complexity index is 272. The van der Waals surface area contributed by atoms with Crippen molar-refractivity contribution in [3.8, 4) is 0 Å². The monoisotopic (exact) mass is 210 g/mol. The molecular formula is C11H18N2O2. The van der Waals surface area contributed by atoms with E-state index >= 15 is 0 Å². The molecule has 0 aromatic rings. The first-order valence-corrected chi connectivity index (χ1v) is 5.29. The van der Waals surface area contributed by atoms with Gasteiger partial charge in [-0.05, 0) is 31.9 Å². The Labute approximate surface area is 89.8 Å². The van der Waals surface area contributed by atoms with Gasteiger partial charge in [-0.2, -0.15) is 0 Å². The molecule has 0 unspecified atom stereocenters. The van der Waals surface area contributed by atoms with Gasteiger partial charge < -0.3 is 16.2 Å². The number of allylic oxidation sites excluding steroid dienone is 3. The lowest BCUT2D eigenvalue weighted by atomic mass is 10.1. The third kappa shape index (κ3) is 4.16. The maximum atomic E-state index is 10.9. The van der Waals surface area contributed by atoms with Gasteiger partial charge in [0.2, 0.25) is 0 Å². The van der Waals surface area contributed by atoms with E-state index in [-0.39, 0.29) is 0 Å². The number of nitrogens with one attached hydrogen (secondary N) is 1. The fourth-order valence-corrected chi connectivity index (χ4v) is 1.53. The SMILES string of the molecule is NCCCC[C@H](NC1=CC=CC1)C(=O)O. The first-order valence-electron chi connectivity index (χ1n) is 5.29. The molecule has 0 aromatic carbocycles. The van der Waals surface area contributed by atoms with Gasteiger partial charge in [0, 0.05) is 12.1 Å². The molecule has 0 fully saturated rings. The molecule has 0 aromatic heterocycles. The fraction of sp³-hybridized carbons (Fsp3) is 0.545. The van der Waals surface area contributed by atoms with Crippen LogP contribution in [0, 0.1) is 0 Å². The van der Waals surface area contributed by atoms with Crippen molar-refractivity contribution in [2.24, 2.45) is 5.73 Å². The minimum Gasteiger partial charge on any atom is -0.480 e. The summed E-state index contributed by atoms with van der Waals surface area (Å²) >= 11 is 0. The lowest BCUT2D eigenvalue weighted by Gasteiger charge is -2.16. The van der Waals surface area contributed by atoms with Gasteiger partial charge in [-0.1, -0.05) is 12.2 Å². The minimum absolute atomic E-state index is 0.484. The molecule has 15 heavy (non-hydrogen) atoms. The summed E-state index contributed by atoms with van der Waals surface area (Å²) in [6, 6.07) is -0.484. The van der Waals surface area contributed by atoms with Crippen molar-refractivity contribution in [3.05, 3.63) is 23.9 Å². The van der Waals surface area contributed by atoms with Crippen LogP contribution in [0.3, 0.4) is 0 Å². The first-order chi connectivity index (χ1) is 7.24. The van der Waals surface area contributed by atoms with Crippen molar-refractivity contribution in [2.75, 3.05) is 6.54 Å². The quantitative estimate of drug-likeness (QED) is 0.548. The topological polar surface area (TPSA) is 75.3 Å². The van der Waals surface area contributed by atoms with Crippen molar-refractivity contribution in [1.29, 1.82) is 0 Å². The summed E-state index contributed by atoms with van der Waals surface area (Å²) < 4.78 is 0. The number of carboxylic acid groups (broad SMARTS) is 1. The average Bonchev–Trinajstić information content (AvgIpc) is 2.69. The molecular weight excluding hydrogens is 192 g/mol. The van der Waals surface area contributed by atoms with Gasteiger partial charge in [0.1, 0.15) is 6.04 Å². The molecule has 1 aliphatic rings. The molecule has 1 atom stereocenters. The summed E-state index contributed by atoms with van der Waals surface area (Å²) in [6.07, 6.45) is 9.01. The van der Waals surface area contributed by atoms with Gasteiger partial charge in [-0.3, -0.25) is 0 Å². The van der Waals surface area contributed by atoms with Crippen molar-refractivity contribution in [3.63, 3.8) is 0 Å². The van der Waals surface area contributed by atoms with Crippen molar-refractivity contribution < 1.29 is 9.90 Å². The second-order valence-electron chi connectivity index (χ2n) is 3.64. The summed E-state index contributed by atoms with van der Waals surface area (Å²) in [5.74, 6) is -0.792. The van der Waals surface area contributed by atoms with Crippen LogP contribution >= 0.6 is 0 Å². The number of unbranched alkanes of at least 4 members (excludes halogenated alkanes) is 1. The lowest BCUT2D eigenvalue weighted by molar-refractivity contribution is -0.139. The van der Waals surface area contributed by atoms with Crippen LogP contribution < -0.4 is 11.1 Å². The van der Waals surface area contributed by atoms with E-state index in [1.165, 1.54) is 0 Å². The first kappa shape index (κ1) is 11.8. The average molecular weight is 210 g/mol. The maximum absolute atomic E-state index is 10.9. The van der Waals surface area contributed by atoms with E-state index in [0.29, 0.717) is 13.0 Å². The normalized spacial score (nSPS) is 16.2. The Morgan fingerprint density at radius 1 is 1.60 bits per heavy atom. The minimum atomic E-state index is -0.792. The smallest absolute Gasteiger partial charge is 0.326 e. The van der Waals surface area contributed by atoms with Crippen LogP contribution in [0.5, 0.6) is 0 Å². The summed E-state index contributed by atoms with van der Waals surface area (Å²) in [4.78, 5) is 10.9. The Morgan fingerprint density at radius 3 is 2.93 bits per heavy atom. The Kier molecular flexibility index (Phi) is 4.90. The third-order valence-electron chi connectivity index (χ3n) is 2.38. The van der Waals surface area contributed by atoms with E-state index in [2.05, 4.69) is 5.32 Å². The van der Waals surface area contributed by atoms with Crippen LogP contribution in [0.15, 0.2) is 23.9 Å². The Morgan fingerprint density at radius 2 is 2.40 bits per heavy atom. The molecule has 1 aliphatic carbocycles. The van der Waals surface area contributed by atoms with Crippen LogP contribution in [0.1, 0.15) is 25.7 Å². The molecule has 4 nitrogen and oxygen atoms in total. The number of carboxylic acids is 1. The highest BCUT2D eigenvalue weighted by molar-refractivity contribution is 5.73. The molecule has 0 aliphatic heterocycles. The second-order valence-corrected chi connectivity index (χ2v) is 3.64. The molecule has 0 saturated carbocycles. The molecule has 0 saturated heterocycles. The molecule has 4 heteroatoms. The second kappa shape index (κ2) is 6.24. The van der Waals surface area contributed by atoms with Gasteiger partial charge in [-0.15, -0.1) is 0 Å². The summed E-state index contributed by atoms with van der Waals surface area (Å²) in [5, 5.41) is 12.0. The van der Waals surface area contributed by atoms with Crippen LogP contribution in [-0.2, 0) is 4.79 Å². The summed E-state index contributed by atoms with van der Waals surface area (Å²) in [5.41, 5.74) is 6.35. The summed E-state index contributed by atoms with van der Waals surface area (Å²) in [6.45, 7) is 0.622. The van der Waals surface area contributed by atoms with Gasteiger partial charge in [0.15, 0.2) is 0 Å². The predicted molar refractivity (Wildman–Crippen MR) is 59.3 cm³/mol. The molecule has 0 heterocycles. The largest absolute Gasteiger partial charge is 0.480 e.